The molecule has 1 aromatic rings. The van der Waals surface area contributed by atoms with Gasteiger partial charge in [-0.2, -0.15) is 0 Å². The van der Waals surface area contributed by atoms with E-state index in [2.05, 4.69) is 0 Å². The van der Waals surface area contributed by atoms with Crippen molar-refractivity contribution in [1.29, 1.82) is 0 Å². The van der Waals surface area contributed by atoms with Crippen LogP contribution in [0.1, 0.15) is 25.0 Å². The van der Waals surface area contributed by atoms with Crippen LogP contribution in [0.5, 0.6) is 5.75 Å². The fourth-order valence-electron chi connectivity index (χ4n) is 1.75. The first-order valence-electron chi connectivity index (χ1n) is 5.57. The van der Waals surface area contributed by atoms with Crippen molar-refractivity contribution in [2.75, 3.05) is 7.11 Å². The van der Waals surface area contributed by atoms with Crippen LogP contribution >= 0.6 is 11.6 Å². The lowest BCUT2D eigenvalue weighted by molar-refractivity contribution is -0.141. The predicted molar refractivity (Wildman–Crippen MR) is 67.9 cm³/mol. The number of ether oxygens (including phenoxy) is 1. The third-order valence-electron chi connectivity index (χ3n) is 2.75. The topological polar surface area (TPSA) is 46.5 Å². The first-order valence-corrected chi connectivity index (χ1v) is 5.95. The zero-order chi connectivity index (χ0) is 13.0. The molecular weight excluding hydrogens is 240 g/mol. The van der Waals surface area contributed by atoms with Crippen LogP contribution in [0.3, 0.4) is 0 Å². The summed E-state index contributed by atoms with van der Waals surface area (Å²) in [6, 6.07) is 3.69. The Balaban J connectivity index is 3.03. The van der Waals surface area contributed by atoms with Crippen LogP contribution in [-0.2, 0) is 17.6 Å². The van der Waals surface area contributed by atoms with Crippen molar-refractivity contribution in [3.05, 3.63) is 28.3 Å². The maximum absolute atomic E-state index is 10.8. The molecule has 0 aromatic heterocycles. The summed E-state index contributed by atoms with van der Waals surface area (Å²) in [5, 5.41) is 9.51. The molecule has 0 spiro atoms. The second-order valence-electron chi connectivity index (χ2n) is 4.06. The first kappa shape index (κ1) is 13.8. The summed E-state index contributed by atoms with van der Waals surface area (Å²) in [7, 11) is 1.59. The number of rotatable bonds is 5. The minimum absolute atomic E-state index is 0.428. The number of halogens is 1. The number of benzene rings is 1. The third-order valence-corrected chi connectivity index (χ3v) is 3.09. The number of hydrogen-bond donors (Lipinski definition) is 1. The van der Waals surface area contributed by atoms with E-state index in [0.29, 0.717) is 11.4 Å². The molecule has 0 fully saturated rings. The maximum atomic E-state index is 10.8. The molecule has 0 saturated carbocycles. The summed E-state index contributed by atoms with van der Waals surface area (Å²) in [6.07, 6.45) is 1.24. The molecule has 0 aliphatic heterocycles. The molecular formula is C13H17ClO3. The highest BCUT2D eigenvalue weighted by Gasteiger charge is 2.14. The van der Waals surface area contributed by atoms with Crippen LogP contribution in [0.15, 0.2) is 12.1 Å². The molecule has 0 aliphatic carbocycles. The second-order valence-corrected chi connectivity index (χ2v) is 4.46. The monoisotopic (exact) mass is 256 g/mol. The average molecular weight is 257 g/mol. The number of carbonyl (C=O) groups is 1. The standard InChI is InChI=1S/C13H17ClO3/c1-4-10-11(14)6-9(7-12(10)17-3)5-8(2)13(15)16/h6-8H,4-5H2,1-3H3,(H,15,16). The van der Waals surface area contributed by atoms with E-state index in [0.717, 1.165) is 23.3 Å². The quantitative estimate of drug-likeness (QED) is 0.880. The lowest BCUT2D eigenvalue weighted by atomic mass is 9.99. The van der Waals surface area contributed by atoms with E-state index < -0.39 is 11.9 Å². The largest absolute Gasteiger partial charge is 0.496 e. The maximum Gasteiger partial charge on any atom is 0.306 e. The molecule has 1 rings (SSSR count). The zero-order valence-corrected chi connectivity index (χ0v) is 11.0. The Morgan fingerprint density at radius 1 is 1.53 bits per heavy atom. The van der Waals surface area contributed by atoms with Gasteiger partial charge < -0.3 is 9.84 Å². The molecule has 0 radical (unpaired) electrons. The fraction of sp³-hybridized carbons (Fsp3) is 0.462. The minimum atomic E-state index is -0.806. The molecule has 0 bridgehead atoms. The summed E-state index contributed by atoms with van der Waals surface area (Å²) in [4.78, 5) is 10.8. The smallest absolute Gasteiger partial charge is 0.306 e. The van der Waals surface area contributed by atoms with E-state index >= 15 is 0 Å². The molecule has 1 atom stereocenters. The van der Waals surface area contributed by atoms with Gasteiger partial charge in [0.2, 0.25) is 0 Å². The van der Waals surface area contributed by atoms with Gasteiger partial charge in [0.05, 0.1) is 13.0 Å². The van der Waals surface area contributed by atoms with Gasteiger partial charge >= 0.3 is 5.97 Å². The number of hydrogen-bond acceptors (Lipinski definition) is 2. The minimum Gasteiger partial charge on any atom is -0.496 e. The molecule has 1 N–H and O–H groups in total. The number of aliphatic carboxylic acids is 1. The van der Waals surface area contributed by atoms with Gasteiger partial charge in [0.25, 0.3) is 0 Å². The van der Waals surface area contributed by atoms with Gasteiger partial charge in [0, 0.05) is 10.6 Å². The SMILES string of the molecule is CCc1c(Cl)cc(CC(C)C(=O)O)cc1OC. The Morgan fingerprint density at radius 3 is 2.65 bits per heavy atom. The Bertz CT molecular complexity index is 415. The lowest BCUT2D eigenvalue weighted by Crippen LogP contribution is -2.12. The zero-order valence-electron chi connectivity index (χ0n) is 10.3. The second kappa shape index (κ2) is 5.92. The molecule has 94 valence electrons. The van der Waals surface area contributed by atoms with E-state index in [1.165, 1.54) is 0 Å². The summed E-state index contributed by atoms with van der Waals surface area (Å²) < 4.78 is 5.27. The summed E-state index contributed by atoms with van der Waals surface area (Å²) >= 11 is 6.15. The van der Waals surface area contributed by atoms with Crippen molar-refractivity contribution in [3.8, 4) is 5.75 Å². The molecule has 0 aliphatic rings. The van der Waals surface area contributed by atoms with Crippen LogP contribution in [0.2, 0.25) is 5.02 Å². The normalized spacial score (nSPS) is 12.2. The molecule has 17 heavy (non-hydrogen) atoms. The van der Waals surface area contributed by atoms with Crippen molar-refractivity contribution in [2.45, 2.75) is 26.7 Å². The van der Waals surface area contributed by atoms with Crippen molar-refractivity contribution in [2.24, 2.45) is 5.92 Å². The number of carboxylic acid groups (broad SMARTS) is 1. The van der Waals surface area contributed by atoms with Gasteiger partial charge in [-0.1, -0.05) is 25.4 Å². The molecule has 1 aromatic carbocycles. The van der Waals surface area contributed by atoms with Crippen molar-refractivity contribution in [3.63, 3.8) is 0 Å². The van der Waals surface area contributed by atoms with Crippen LogP contribution in [0.25, 0.3) is 0 Å². The number of carboxylic acids is 1. The Kier molecular flexibility index (Phi) is 4.82. The Morgan fingerprint density at radius 2 is 2.18 bits per heavy atom. The Hall–Kier alpha value is -1.22. The van der Waals surface area contributed by atoms with Crippen molar-refractivity contribution in [1.82, 2.24) is 0 Å². The van der Waals surface area contributed by atoms with E-state index in [9.17, 15) is 4.79 Å². The average Bonchev–Trinajstić information content (AvgIpc) is 2.27. The van der Waals surface area contributed by atoms with Gasteiger partial charge in [-0.05, 0) is 30.5 Å². The predicted octanol–water partition coefficient (Wildman–Crippen LogP) is 3.17. The summed E-state index contributed by atoms with van der Waals surface area (Å²) in [6.45, 7) is 3.68. The van der Waals surface area contributed by atoms with E-state index in [-0.39, 0.29) is 0 Å². The van der Waals surface area contributed by atoms with Crippen molar-refractivity contribution >= 4 is 17.6 Å². The van der Waals surface area contributed by atoms with Crippen LogP contribution in [-0.4, -0.2) is 18.2 Å². The van der Waals surface area contributed by atoms with Gasteiger partial charge in [0.1, 0.15) is 5.75 Å². The van der Waals surface area contributed by atoms with E-state index in [1.54, 1.807) is 14.0 Å². The first-order chi connectivity index (χ1) is 7.99. The van der Waals surface area contributed by atoms with E-state index in [4.69, 9.17) is 21.4 Å². The highest BCUT2D eigenvalue weighted by Crippen LogP contribution is 2.30. The molecule has 1 unspecified atom stereocenters. The molecule has 0 amide bonds. The van der Waals surface area contributed by atoms with Crippen LogP contribution < -0.4 is 4.74 Å². The molecule has 3 nitrogen and oxygen atoms in total. The highest BCUT2D eigenvalue weighted by atomic mass is 35.5. The van der Waals surface area contributed by atoms with Gasteiger partial charge in [-0.3, -0.25) is 4.79 Å². The summed E-state index contributed by atoms with van der Waals surface area (Å²) in [5.74, 6) is -0.504. The molecule has 0 heterocycles. The van der Waals surface area contributed by atoms with Gasteiger partial charge in [-0.25, -0.2) is 0 Å². The van der Waals surface area contributed by atoms with Crippen molar-refractivity contribution < 1.29 is 14.6 Å². The van der Waals surface area contributed by atoms with E-state index in [1.807, 2.05) is 19.1 Å². The third kappa shape index (κ3) is 3.37. The Labute approximate surface area is 106 Å². The van der Waals surface area contributed by atoms with Gasteiger partial charge in [-0.15, -0.1) is 0 Å². The summed E-state index contributed by atoms with van der Waals surface area (Å²) in [5.41, 5.74) is 1.85. The van der Waals surface area contributed by atoms with Crippen LogP contribution in [0, 0.1) is 5.92 Å². The van der Waals surface area contributed by atoms with Gasteiger partial charge in [0.15, 0.2) is 0 Å². The molecule has 4 heteroatoms. The van der Waals surface area contributed by atoms with Crippen LogP contribution in [0.4, 0.5) is 0 Å². The highest BCUT2D eigenvalue weighted by molar-refractivity contribution is 6.31. The lowest BCUT2D eigenvalue weighted by Gasteiger charge is -2.13. The fourth-order valence-corrected chi connectivity index (χ4v) is 2.12. The molecule has 0 saturated heterocycles. The number of methoxy groups -OCH3 is 1.